The van der Waals surface area contributed by atoms with Crippen LogP contribution in [0.5, 0.6) is 5.75 Å². The average Bonchev–Trinajstić information content (AvgIpc) is 2.42. The highest BCUT2D eigenvalue weighted by Crippen LogP contribution is 2.21. The number of carbonyl (C=O) groups excluding carboxylic acids is 1. The minimum absolute atomic E-state index is 0.159. The second-order valence-electron chi connectivity index (χ2n) is 4.34. The number of ether oxygens (including phenoxy) is 1. The molecular formula is C13H17FN2O2. The van der Waals surface area contributed by atoms with Crippen LogP contribution >= 0.6 is 0 Å². The summed E-state index contributed by atoms with van der Waals surface area (Å²) in [5.41, 5.74) is 0.159. The molecule has 18 heavy (non-hydrogen) atoms. The summed E-state index contributed by atoms with van der Waals surface area (Å²) in [7, 11) is 1.50. The minimum atomic E-state index is -0.458. The van der Waals surface area contributed by atoms with Gasteiger partial charge in [-0.2, -0.15) is 0 Å². The molecule has 0 spiro atoms. The topological polar surface area (TPSA) is 50.4 Å². The normalized spacial score (nSPS) is 19.3. The summed E-state index contributed by atoms with van der Waals surface area (Å²) in [6, 6.07) is 4.05. The molecule has 0 aromatic heterocycles. The second-order valence-corrected chi connectivity index (χ2v) is 4.34. The summed E-state index contributed by atoms with van der Waals surface area (Å²) in [5.74, 6) is -0.134. The second kappa shape index (κ2) is 5.82. The smallest absolute Gasteiger partial charge is 0.241 e. The van der Waals surface area contributed by atoms with Crippen LogP contribution in [-0.2, 0) is 4.79 Å². The average molecular weight is 252 g/mol. The summed E-state index contributed by atoms with van der Waals surface area (Å²) < 4.78 is 18.5. The van der Waals surface area contributed by atoms with Crippen molar-refractivity contribution in [1.29, 1.82) is 0 Å². The van der Waals surface area contributed by atoms with E-state index in [4.69, 9.17) is 4.74 Å². The summed E-state index contributed by atoms with van der Waals surface area (Å²) >= 11 is 0. The molecule has 2 N–H and O–H groups in total. The summed E-state index contributed by atoms with van der Waals surface area (Å²) in [6.45, 7) is 0.832. The Labute approximate surface area is 106 Å². The van der Waals surface area contributed by atoms with E-state index < -0.39 is 5.82 Å². The number of hydrogen-bond donors (Lipinski definition) is 2. The van der Waals surface area contributed by atoms with Gasteiger partial charge in [-0.25, -0.2) is 4.39 Å². The van der Waals surface area contributed by atoms with Gasteiger partial charge in [-0.15, -0.1) is 0 Å². The first-order valence-corrected chi connectivity index (χ1v) is 6.08. The lowest BCUT2D eigenvalue weighted by Gasteiger charge is -2.22. The fraction of sp³-hybridized carbons (Fsp3) is 0.462. The third-order valence-corrected chi connectivity index (χ3v) is 3.06. The van der Waals surface area contributed by atoms with Gasteiger partial charge in [0.15, 0.2) is 0 Å². The number of hydrogen-bond acceptors (Lipinski definition) is 3. The van der Waals surface area contributed by atoms with E-state index >= 15 is 0 Å². The van der Waals surface area contributed by atoms with Crippen molar-refractivity contribution in [2.75, 3.05) is 19.0 Å². The largest absolute Gasteiger partial charge is 0.497 e. The molecule has 5 heteroatoms. The Morgan fingerprint density at radius 3 is 3.00 bits per heavy atom. The van der Waals surface area contributed by atoms with E-state index in [-0.39, 0.29) is 17.6 Å². The maximum Gasteiger partial charge on any atom is 0.241 e. The summed E-state index contributed by atoms with van der Waals surface area (Å²) in [6.07, 6.45) is 2.89. The quantitative estimate of drug-likeness (QED) is 0.864. The monoisotopic (exact) mass is 252 g/mol. The van der Waals surface area contributed by atoms with Crippen LogP contribution in [-0.4, -0.2) is 25.6 Å². The number of anilines is 1. The number of halogens is 1. The Kier molecular flexibility index (Phi) is 4.15. The van der Waals surface area contributed by atoms with Crippen LogP contribution in [0.2, 0.25) is 0 Å². The van der Waals surface area contributed by atoms with Crippen molar-refractivity contribution >= 4 is 11.6 Å². The van der Waals surface area contributed by atoms with Gasteiger partial charge in [-0.3, -0.25) is 4.79 Å². The Bertz CT molecular complexity index is 431. The Morgan fingerprint density at radius 2 is 2.33 bits per heavy atom. The van der Waals surface area contributed by atoms with Crippen molar-refractivity contribution in [1.82, 2.24) is 5.32 Å². The zero-order chi connectivity index (χ0) is 13.0. The Balaban J connectivity index is 2.05. The van der Waals surface area contributed by atoms with E-state index in [9.17, 15) is 9.18 Å². The van der Waals surface area contributed by atoms with E-state index in [2.05, 4.69) is 10.6 Å². The lowest BCUT2D eigenvalue weighted by atomic mass is 10.0. The molecule has 4 nitrogen and oxygen atoms in total. The lowest BCUT2D eigenvalue weighted by Crippen LogP contribution is -2.43. The van der Waals surface area contributed by atoms with Gasteiger partial charge in [0.2, 0.25) is 5.91 Å². The molecule has 1 heterocycles. The number of nitrogens with one attached hydrogen (secondary N) is 2. The molecular weight excluding hydrogens is 235 g/mol. The van der Waals surface area contributed by atoms with Crippen LogP contribution in [0.15, 0.2) is 18.2 Å². The van der Waals surface area contributed by atoms with Crippen LogP contribution in [0.1, 0.15) is 19.3 Å². The van der Waals surface area contributed by atoms with Crippen LogP contribution in [0.4, 0.5) is 10.1 Å². The zero-order valence-electron chi connectivity index (χ0n) is 10.3. The molecule has 1 unspecified atom stereocenters. The van der Waals surface area contributed by atoms with Crippen molar-refractivity contribution in [2.24, 2.45) is 0 Å². The maximum absolute atomic E-state index is 13.5. The summed E-state index contributed by atoms with van der Waals surface area (Å²) in [5, 5.41) is 5.72. The number of amides is 1. The van der Waals surface area contributed by atoms with Gasteiger partial charge < -0.3 is 15.4 Å². The zero-order valence-corrected chi connectivity index (χ0v) is 10.3. The van der Waals surface area contributed by atoms with Crippen molar-refractivity contribution in [2.45, 2.75) is 25.3 Å². The van der Waals surface area contributed by atoms with Crippen LogP contribution in [0, 0.1) is 5.82 Å². The highest BCUT2D eigenvalue weighted by Gasteiger charge is 2.21. The van der Waals surface area contributed by atoms with E-state index in [1.54, 1.807) is 0 Å². The van der Waals surface area contributed by atoms with E-state index in [1.807, 2.05) is 0 Å². The summed E-state index contributed by atoms with van der Waals surface area (Å²) in [4.78, 5) is 11.9. The van der Waals surface area contributed by atoms with E-state index in [0.717, 1.165) is 25.8 Å². The molecule has 0 aliphatic carbocycles. The third kappa shape index (κ3) is 2.98. The lowest BCUT2D eigenvalue weighted by molar-refractivity contribution is -0.118. The highest BCUT2D eigenvalue weighted by atomic mass is 19.1. The molecule has 1 aromatic rings. The number of piperidine rings is 1. The molecule has 1 atom stereocenters. The number of benzene rings is 1. The molecule has 1 aromatic carbocycles. The van der Waals surface area contributed by atoms with Gasteiger partial charge >= 0.3 is 0 Å². The van der Waals surface area contributed by atoms with Crippen LogP contribution in [0.3, 0.4) is 0 Å². The van der Waals surface area contributed by atoms with Crippen molar-refractivity contribution in [3.8, 4) is 5.75 Å². The van der Waals surface area contributed by atoms with Crippen molar-refractivity contribution < 1.29 is 13.9 Å². The standard InChI is InChI=1S/C13H17FN2O2/c1-18-9-5-6-10(14)12(8-9)16-13(17)11-4-2-3-7-15-11/h5-6,8,11,15H,2-4,7H2,1H3,(H,16,17). The highest BCUT2D eigenvalue weighted by molar-refractivity contribution is 5.95. The number of carbonyl (C=O) groups is 1. The molecule has 0 bridgehead atoms. The molecule has 1 amide bonds. The maximum atomic E-state index is 13.5. The third-order valence-electron chi connectivity index (χ3n) is 3.06. The molecule has 1 aliphatic heterocycles. The van der Waals surface area contributed by atoms with Gasteiger partial charge in [0, 0.05) is 6.07 Å². The molecule has 98 valence electrons. The van der Waals surface area contributed by atoms with Crippen LogP contribution < -0.4 is 15.4 Å². The fourth-order valence-electron chi connectivity index (χ4n) is 2.02. The predicted octanol–water partition coefficient (Wildman–Crippen LogP) is 1.91. The predicted molar refractivity (Wildman–Crippen MR) is 67.2 cm³/mol. The SMILES string of the molecule is COc1ccc(F)c(NC(=O)C2CCCCN2)c1. The Morgan fingerprint density at radius 1 is 1.50 bits per heavy atom. The number of rotatable bonds is 3. The van der Waals surface area contributed by atoms with Crippen molar-refractivity contribution in [3.05, 3.63) is 24.0 Å². The van der Waals surface area contributed by atoms with Gasteiger partial charge in [0.05, 0.1) is 18.8 Å². The van der Waals surface area contributed by atoms with Crippen molar-refractivity contribution in [3.63, 3.8) is 0 Å². The first-order valence-electron chi connectivity index (χ1n) is 6.08. The first kappa shape index (κ1) is 12.8. The molecule has 1 fully saturated rings. The van der Waals surface area contributed by atoms with Gasteiger partial charge in [-0.1, -0.05) is 6.42 Å². The molecule has 1 aliphatic rings. The number of methoxy groups -OCH3 is 1. The Hall–Kier alpha value is -1.62. The first-order chi connectivity index (χ1) is 8.70. The van der Waals surface area contributed by atoms with E-state index in [0.29, 0.717) is 5.75 Å². The van der Waals surface area contributed by atoms with E-state index in [1.165, 1.54) is 25.3 Å². The van der Waals surface area contributed by atoms with Crippen LogP contribution in [0.25, 0.3) is 0 Å². The fourth-order valence-corrected chi connectivity index (χ4v) is 2.02. The molecule has 0 saturated carbocycles. The van der Waals surface area contributed by atoms with Gasteiger partial charge in [-0.05, 0) is 31.5 Å². The van der Waals surface area contributed by atoms with Gasteiger partial charge in [0.25, 0.3) is 0 Å². The molecule has 2 rings (SSSR count). The van der Waals surface area contributed by atoms with Gasteiger partial charge in [0.1, 0.15) is 11.6 Å². The molecule has 0 radical (unpaired) electrons. The minimum Gasteiger partial charge on any atom is -0.497 e. The molecule has 1 saturated heterocycles.